The van der Waals surface area contributed by atoms with Crippen LogP contribution >= 0.6 is 23.5 Å². The minimum atomic E-state index is -6.28. The maximum atomic E-state index is 13.1. The number of hydrogen-bond donors (Lipinski definition) is 16. The van der Waals surface area contributed by atoms with Crippen LogP contribution in [0.5, 0.6) is 0 Å². The van der Waals surface area contributed by atoms with Crippen molar-refractivity contribution in [1.29, 1.82) is 0 Å². The fourth-order valence-corrected chi connectivity index (χ4v) is 19.4. The summed E-state index contributed by atoms with van der Waals surface area (Å²) in [5, 5.41) is 4.88. The van der Waals surface area contributed by atoms with Gasteiger partial charge in [0.15, 0.2) is 24.8 Å². The summed E-state index contributed by atoms with van der Waals surface area (Å²) in [7, 11) is -85.1. The minimum absolute atomic E-state index is 0. The molecule has 0 spiro atoms. The molecule has 6 rings (SSSR count). The smallest absolute Gasteiger partial charge is 0.356 e. The zero-order valence-electron chi connectivity index (χ0n) is 73.7. The number of rotatable bonds is 48. The van der Waals surface area contributed by atoms with Gasteiger partial charge < -0.3 is 39.1 Å². The molecule has 2 aromatic carbocycles. The molecule has 20 atom stereocenters. The quantitative estimate of drug-likeness (QED) is 0.0166. The molecule has 2 amide bonds. The van der Waals surface area contributed by atoms with E-state index < -0.39 is 305 Å². The van der Waals surface area contributed by atoms with Gasteiger partial charge in [0.1, 0.15) is 96.3 Å². The van der Waals surface area contributed by atoms with Crippen LogP contribution in [-0.4, -0.2) is 341 Å². The van der Waals surface area contributed by atoms with Gasteiger partial charge in [-0.25, -0.2) is 58.6 Å². The van der Waals surface area contributed by atoms with Crippen LogP contribution in [0.1, 0.15) is 32.1 Å². The van der Waals surface area contributed by atoms with Crippen LogP contribution in [0, 0.1) is 0 Å². The Hall–Kier alpha value is 10.0. The SMILES string of the molecule is O=C(CCCCCC(=O)Nc1ccc(S[C@@H]2O[C@H](COS(=O)(=O)O)[C@@H](O[C@@H]3O[C@H](COS(=O)(=O)O)[C@@H](OS(=O)(=O)O)[C@H](OS(=O)(=O)O)[C@H]3OS(=O)(=O)O)[C@H](OS(=O)(=O)O)[C@H]2OS(=O)(=O)O)cc1)Nc1ccc(S[C@@H]2O[C@H](COS(=O)(=O)O)[C@@H](O[C@@H]3O[C@H](COS(=O)(=O)O)[C@@H](OS(=O)(=O)O)[C@H](OS(=O)(=O)O)[C@H]3OS(=O)(=O)O)[C@H](OS(=O)(=O)O)[C@H]2OS(=O)(=O)O)cc1.[Na+].[Na+].[Na+].[Na+].[Na+].[Na+].[Na+].[Na+].[Na+].[Na+].[Na+].[Na+].[Na+].[Na+]. The summed E-state index contributed by atoms with van der Waals surface area (Å²) in [5.74, 6) is -1.49. The predicted octanol–water partition coefficient (Wildman–Crippen LogP) is -48.7. The molecule has 4 heterocycles. The second-order valence-corrected chi connectivity index (χ2v) is 41.2. The zero-order valence-corrected chi connectivity index (χ0v) is 115. The molecule has 2 aromatic rings. The Morgan fingerprint density at radius 1 is 0.245 bits per heavy atom. The molecule has 96 heteroatoms. The van der Waals surface area contributed by atoms with E-state index in [0.717, 1.165) is 48.5 Å². The number of ether oxygens (including phenoxy) is 6. The van der Waals surface area contributed by atoms with Gasteiger partial charge in [0, 0.05) is 34.0 Å². The van der Waals surface area contributed by atoms with Gasteiger partial charge in [-0.15, -0.1) is 0 Å². The van der Waals surface area contributed by atoms with Crippen LogP contribution < -0.4 is 424 Å². The van der Waals surface area contributed by atoms with E-state index in [1.54, 1.807) is 0 Å². The molecule has 0 aliphatic carbocycles. The molecule has 0 saturated carbocycles. The standard InChI is InChI=1S/C43H62N2O64S16.14Na/c46-26(44-18-6-10-20(11-7-18)110-42-38(108-124(84,85)86)32(102-118(66,67)68)28(22(96-42)14-90-112(48,49)50)98-40-36(106-122(78,79)80)34(104-120(72,73)74)30(100-116(60,61)62)24(94-40)16-92-114(54,55)56)4-2-1-3-5-27(47)45-19-8-12-21(13-9-19)111-43-39(109-125(87,88)89)33(103-119(69,70)71)29(23(97-43)15-91-113(51,52)53)99-41-37(107-123(81,82)83)35(105-121(75,76)77)31(101-117(63,64)65)25(95-41)17-93-115(57,58)59;;;;;;;;;;;;;;/h6-13,22-25,28-43H,1-5,14-17H2,(H,44,46)(H,45,47)(H,48,49,50)(H,51,52,53)(H,54,55,56)(H,57,58,59)(H,60,61,62)(H,63,64,65)(H,66,67,68)(H,69,70,71)(H,72,73,74)(H,75,76,77)(H,78,79,80)(H,81,82,83)(H,84,85,86)(H,87,88,89);;;;;;;;;;;;;;/q;14*+1/t22-,23-,24-,25-,28-,29-,30-,31-,32+,33+,34+,35+,36-,37-,38-,39-,40+,41+,42+,43+;;;;;;;;;;;;;;/m1............../s1. The normalized spacial score (nSPS) is 25.5. The van der Waals surface area contributed by atoms with Crippen LogP contribution in [0.25, 0.3) is 0 Å². The molecule has 4 fully saturated rings. The second kappa shape index (κ2) is 70.5. The van der Waals surface area contributed by atoms with Crippen LogP contribution in [0.3, 0.4) is 0 Å². The van der Waals surface area contributed by atoms with E-state index in [4.69, 9.17) is 28.4 Å². The van der Waals surface area contributed by atoms with E-state index >= 15 is 0 Å². The number of nitrogens with one attached hydrogen (secondary N) is 2. The summed E-state index contributed by atoms with van der Waals surface area (Å²) in [5.41, 5.74) is -4.96. The first-order valence-electron chi connectivity index (χ1n) is 31.5. The molecule has 16 N–H and O–H groups in total. The summed E-state index contributed by atoms with van der Waals surface area (Å²) in [4.78, 5) is 25.7. The molecule has 139 heavy (non-hydrogen) atoms. The Kier molecular flexibility index (Phi) is 84.5. The third-order valence-corrected chi connectivity index (χ3v) is 23.6. The van der Waals surface area contributed by atoms with E-state index in [1.165, 1.54) is 0 Å². The van der Waals surface area contributed by atoms with Crippen LogP contribution in [0.4, 0.5) is 11.4 Å². The Morgan fingerprint density at radius 3 is 0.640 bits per heavy atom. The molecule has 0 bridgehead atoms. The first kappa shape index (κ1) is 167. The van der Waals surface area contributed by atoms with Gasteiger partial charge in [0.2, 0.25) is 11.8 Å². The minimum Gasteiger partial charge on any atom is -0.356 e. The number of anilines is 2. The van der Waals surface area contributed by atoms with E-state index in [9.17, 15) is 191 Å². The second-order valence-electron chi connectivity index (χ2n) is 24.0. The average molecular weight is 2470 g/mol. The molecule has 0 unspecified atom stereocenters. The van der Waals surface area contributed by atoms with Gasteiger partial charge >= 0.3 is 559 Å². The van der Waals surface area contributed by atoms with E-state index in [1.807, 2.05) is 0 Å². The first-order chi connectivity index (χ1) is 56.4. The summed E-state index contributed by atoms with van der Waals surface area (Å²) in [6.45, 7) is -7.55. The van der Waals surface area contributed by atoms with Crippen molar-refractivity contribution in [2.75, 3.05) is 37.1 Å². The van der Waals surface area contributed by atoms with Gasteiger partial charge in [-0.05, 0) is 61.4 Å². The molecule has 724 valence electrons. The number of thioether (sulfide) groups is 2. The summed E-state index contributed by atoms with van der Waals surface area (Å²) >= 11 is 0.286. The van der Waals surface area contributed by atoms with Crippen molar-refractivity contribution in [2.24, 2.45) is 0 Å². The summed E-state index contributed by atoms with van der Waals surface area (Å²) < 4.78 is 568. The van der Waals surface area contributed by atoms with Gasteiger partial charge in [0.25, 0.3) is 0 Å². The third kappa shape index (κ3) is 67.6. The molecule has 0 radical (unpaired) electrons. The topological polar surface area (TPSA) is 1000 Å². The van der Waals surface area contributed by atoms with Crippen molar-refractivity contribution in [3.63, 3.8) is 0 Å². The maximum Gasteiger partial charge on any atom is 1.00 e. The van der Waals surface area contributed by atoms with Crippen molar-refractivity contribution in [3.05, 3.63) is 48.5 Å². The average Bonchev–Trinajstić information content (AvgIpc) is 0.754. The van der Waals surface area contributed by atoms with Gasteiger partial charge in [0.05, 0.1) is 26.4 Å². The molecule has 4 aliphatic rings. The largest absolute Gasteiger partial charge is 1.00 e. The Balaban J connectivity index is -0.00000172. The van der Waals surface area contributed by atoms with Crippen molar-refractivity contribution in [1.82, 2.24) is 0 Å². The van der Waals surface area contributed by atoms with E-state index in [0.29, 0.717) is 0 Å². The number of carbonyl (C=O) groups excluding carboxylic acids is 2. The Morgan fingerprint density at radius 2 is 0.432 bits per heavy atom. The number of amides is 2. The van der Waals surface area contributed by atoms with Gasteiger partial charge in [-0.1, -0.05) is 29.9 Å². The van der Waals surface area contributed by atoms with E-state index in [2.05, 4.69) is 69.2 Å². The predicted molar refractivity (Wildman–Crippen MR) is 384 cm³/mol. The number of unbranched alkanes of at least 4 members (excludes halogenated alkanes) is 2. The van der Waals surface area contributed by atoms with Crippen molar-refractivity contribution < 1.29 is 692 Å². The Bertz CT molecular complexity index is 5540. The molecule has 4 aliphatic heterocycles. The summed E-state index contributed by atoms with van der Waals surface area (Å²) in [6.07, 6.45) is -56.7. The number of benzene rings is 2. The molecule has 66 nitrogen and oxygen atoms in total. The van der Waals surface area contributed by atoms with Crippen LogP contribution in [0.2, 0.25) is 0 Å². The van der Waals surface area contributed by atoms with Gasteiger partial charge in [-0.2, -0.15) is 118 Å². The first-order valence-corrected chi connectivity index (χ1v) is 52.4. The molecule has 0 aromatic heterocycles. The monoisotopic (exact) mass is 2460 g/mol. The molecular weight excluding hydrogens is 2400 g/mol. The fourth-order valence-electron chi connectivity index (χ4n) is 10.9. The molecular formula is C43H62N2Na14O64S16+14. The third-order valence-electron chi connectivity index (χ3n) is 14.9. The zero-order chi connectivity index (χ0) is 95.0. The van der Waals surface area contributed by atoms with E-state index in [-0.39, 0.29) is 491 Å². The number of carbonyl (C=O) groups is 2. The fraction of sp³-hybridized carbons (Fsp3) is 0.674. The summed E-state index contributed by atoms with van der Waals surface area (Å²) in [6, 6.07) is 8.49. The van der Waals surface area contributed by atoms with Crippen LogP contribution in [0.15, 0.2) is 58.3 Å². The molecule has 4 saturated heterocycles. The Labute approximate surface area is 1110 Å². The van der Waals surface area contributed by atoms with Crippen molar-refractivity contribution >= 4 is 192 Å². The van der Waals surface area contributed by atoms with Crippen molar-refractivity contribution in [2.45, 2.75) is 163 Å². The van der Waals surface area contributed by atoms with Crippen molar-refractivity contribution in [3.8, 4) is 0 Å². The number of hydrogen-bond acceptors (Lipinski definition) is 52. The van der Waals surface area contributed by atoms with Crippen LogP contribution in [-0.2, 0) is 242 Å². The maximum absolute atomic E-state index is 13.1. The van der Waals surface area contributed by atoms with Gasteiger partial charge in [-0.3, -0.25) is 73.3 Å².